The number of carbonyl (C=O) groups is 1. The maximum absolute atomic E-state index is 13.5. The van der Waals surface area contributed by atoms with Crippen LogP contribution in [-0.2, 0) is 19.2 Å². The third kappa shape index (κ3) is 6.47. The third-order valence-electron chi connectivity index (χ3n) is 5.88. The molecule has 0 spiro atoms. The second kappa shape index (κ2) is 11.7. The van der Waals surface area contributed by atoms with E-state index in [0.717, 1.165) is 16.9 Å². The zero-order valence-electron chi connectivity index (χ0n) is 19.7. The van der Waals surface area contributed by atoms with Gasteiger partial charge in [0.2, 0.25) is 5.78 Å². The molecule has 0 radical (unpaired) electrons. The predicted octanol–water partition coefficient (Wildman–Crippen LogP) is 3.60. The zero-order chi connectivity index (χ0) is 26.7. The van der Waals surface area contributed by atoms with Gasteiger partial charge < -0.3 is 15.2 Å². The van der Waals surface area contributed by atoms with Crippen molar-refractivity contribution in [1.82, 2.24) is 14.7 Å². The summed E-state index contributed by atoms with van der Waals surface area (Å²) in [6, 6.07) is 8.47. The van der Waals surface area contributed by atoms with Gasteiger partial charge in [0.25, 0.3) is 0 Å². The number of hydrogen-bond acceptors (Lipinski definition) is 10. The summed E-state index contributed by atoms with van der Waals surface area (Å²) in [5.41, 5.74) is 1.61. The van der Waals surface area contributed by atoms with Gasteiger partial charge >= 0.3 is 10.3 Å². The Morgan fingerprint density at radius 2 is 2.05 bits per heavy atom. The maximum atomic E-state index is 13.5. The Hall–Kier alpha value is -2.16. The number of thiophene rings is 1. The zero-order valence-corrected chi connectivity index (χ0v) is 22.9. The average Bonchev–Trinajstić information content (AvgIpc) is 3.41. The van der Waals surface area contributed by atoms with Crippen molar-refractivity contribution < 1.29 is 27.2 Å². The summed E-state index contributed by atoms with van der Waals surface area (Å²) in [6.07, 6.45) is 0.580. The number of aliphatic hydroxyl groups excluding tert-OH is 1. The van der Waals surface area contributed by atoms with E-state index >= 15 is 0 Å². The molecule has 4 rings (SSSR count). The van der Waals surface area contributed by atoms with Crippen molar-refractivity contribution in [2.75, 3.05) is 19.5 Å². The molecule has 0 amide bonds. The van der Waals surface area contributed by atoms with Gasteiger partial charge in [0.1, 0.15) is 24.4 Å². The Bertz CT molecular complexity index is 1390. The molecule has 14 heteroatoms. The quantitative estimate of drug-likeness (QED) is 0.304. The van der Waals surface area contributed by atoms with E-state index in [4.69, 9.17) is 32.1 Å². The van der Waals surface area contributed by atoms with Gasteiger partial charge in [0.15, 0.2) is 0 Å². The Labute approximate surface area is 228 Å². The van der Waals surface area contributed by atoms with Crippen molar-refractivity contribution >= 4 is 56.4 Å². The van der Waals surface area contributed by atoms with Crippen molar-refractivity contribution in [3.05, 3.63) is 73.8 Å². The molecule has 2 heterocycles. The van der Waals surface area contributed by atoms with E-state index in [1.807, 2.05) is 6.07 Å². The molecule has 1 aliphatic carbocycles. The van der Waals surface area contributed by atoms with E-state index < -0.39 is 34.7 Å². The van der Waals surface area contributed by atoms with Crippen LogP contribution in [0.15, 0.2) is 42.9 Å². The lowest BCUT2D eigenvalue weighted by atomic mass is 10.0. The first kappa shape index (κ1) is 27.9. The fraction of sp³-hybridized carbons (Fsp3) is 0.348. The third-order valence-corrected chi connectivity index (χ3v) is 8.50. The lowest BCUT2D eigenvalue weighted by Crippen LogP contribution is -2.31. The lowest BCUT2D eigenvalue weighted by Gasteiger charge is -2.16. The molecule has 0 bridgehead atoms. The minimum absolute atomic E-state index is 0.184. The number of aliphatic hydroxyl groups is 1. The van der Waals surface area contributed by atoms with Crippen LogP contribution in [-0.4, -0.2) is 61.7 Å². The second-order valence-electron chi connectivity index (χ2n) is 8.30. The van der Waals surface area contributed by atoms with Crippen LogP contribution >= 0.6 is 34.5 Å². The van der Waals surface area contributed by atoms with Gasteiger partial charge in [-0.05, 0) is 36.6 Å². The molecule has 0 unspecified atom stereocenters. The molecule has 4 atom stereocenters. The first-order valence-electron chi connectivity index (χ1n) is 11.1. The van der Waals surface area contributed by atoms with Gasteiger partial charge in [0, 0.05) is 37.0 Å². The van der Waals surface area contributed by atoms with Crippen molar-refractivity contribution in [1.29, 1.82) is 0 Å². The SMILES string of the molecule is CNS(=O)(=O)O[C@@H]1C[C@H](Nc2ncncc2C(=O)c2cc([C@@H](OC)c3cccc(Cl)c3)c(Cl)s2)C[C@@H]1O. The molecule has 2 aromatic heterocycles. The number of nitrogens with zero attached hydrogens (tertiary/aromatic N) is 2. The molecule has 1 fully saturated rings. The Balaban J connectivity index is 1.55. The van der Waals surface area contributed by atoms with Crippen LogP contribution in [0.3, 0.4) is 0 Å². The number of rotatable bonds is 10. The number of halogens is 2. The van der Waals surface area contributed by atoms with Crippen LogP contribution in [0.4, 0.5) is 5.82 Å². The number of hydrogen-bond donors (Lipinski definition) is 3. The molecule has 10 nitrogen and oxygen atoms in total. The number of carbonyl (C=O) groups excluding carboxylic acids is 1. The van der Waals surface area contributed by atoms with Crippen molar-refractivity contribution in [3.8, 4) is 0 Å². The minimum Gasteiger partial charge on any atom is -0.390 e. The first-order valence-corrected chi connectivity index (χ1v) is 14.1. The minimum atomic E-state index is -3.97. The molecule has 1 saturated carbocycles. The maximum Gasteiger partial charge on any atom is 0.335 e. The molecular formula is C23H24Cl2N4O6S2. The van der Waals surface area contributed by atoms with Crippen molar-refractivity contribution in [3.63, 3.8) is 0 Å². The van der Waals surface area contributed by atoms with Crippen LogP contribution in [0.25, 0.3) is 0 Å². The van der Waals surface area contributed by atoms with E-state index in [9.17, 15) is 18.3 Å². The van der Waals surface area contributed by atoms with E-state index in [1.54, 1.807) is 31.4 Å². The van der Waals surface area contributed by atoms with Gasteiger partial charge in [0.05, 0.1) is 20.9 Å². The number of benzene rings is 1. The number of aromatic nitrogens is 2. The van der Waals surface area contributed by atoms with Gasteiger partial charge in [-0.25, -0.2) is 9.97 Å². The highest BCUT2D eigenvalue weighted by molar-refractivity contribution is 7.84. The fourth-order valence-electron chi connectivity index (χ4n) is 4.13. The molecule has 0 saturated heterocycles. The first-order chi connectivity index (χ1) is 17.6. The second-order valence-corrected chi connectivity index (χ2v) is 11.9. The number of methoxy groups -OCH3 is 1. The van der Waals surface area contributed by atoms with E-state index in [2.05, 4.69) is 20.0 Å². The average molecular weight is 588 g/mol. The highest BCUT2D eigenvalue weighted by Crippen LogP contribution is 2.39. The summed E-state index contributed by atoms with van der Waals surface area (Å²) in [5.74, 6) is -0.107. The largest absolute Gasteiger partial charge is 0.390 e. The van der Waals surface area contributed by atoms with Crippen molar-refractivity contribution in [2.45, 2.75) is 37.2 Å². The highest BCUT2D eigenvalue weighted by Gasteiger charge is 2.37. The number of anilines is 1. The fourth-order valence-corrected chi connectivity index (χ4v) is 6.23. The van der Waals surface area contributed by atoms with Gasteiger partial charge in [-0.1, -0.05) is 35.3 Å². The summed E-state index contributed by atoms with van der Waals surface area (Å²) < 4.78 is 36.6. The van der Waals surface area contributed by atoms with Crippen molar-refractivity contribution in [2.24, 2.45) is 0 Å². The normalized spacial score (nSPS) is 20.6. The monoisotopic (exact) mass is 586 g/mol. The number of ketones is 1. The Morgan fingerprint density at radius 1 is 1.27 bits per heavy atom. The van der Waals surface area contributed by atoms with Crippen LogP contribution < -0.4 is 10.0 Å². The topological polar surface area (TPSA) is 140 Å². The molecule has 37 heavy (non-hydrogen) atoms. The van der Waals surface area contributed by atoms with Gasteiger partial charge in [-0.2, -0.15) is 13.1 Å². The molecule has 1 aliphatic rings. The standard InChI is InChI=1S/C23H24Cl2N4O6S2/c1-26-37(32,33)35-18-8-14(7-17(18)30)29-23-16(10-27-11-28-23)20(31)19-9-15(22(25)36-19)21(34-2)12-4-3-5-13(24)6-12/h3-6,9-11,14,17-18,21,26,30H,7-8H2,1-2H3,(H,27,28,29)/t14-,17+,18-,21+/m1/s1. The molecule has 1 aromatic carbocycles. The Kier molecular flexibility index (Phi) is 8.81. The molecule has 0 aliphatic heterocycles. The molecular weight excluding hydrogens is 563 g/mol. The summed E-state index contributed by atoms with van der Waals surface area (Å²) in [4.78, 5) is 22.0. The Morgan fingerprint density at radius 3 is 2.76 bits per heavy atom. The van der Waals surface area contributed by atoms with Gasteiger partial charge in [-0.15, -0.1) is 11.3 Å². The predicted molar refractivity (Wildman–Crippen MR) is 141 cm³/mol. The lowest BCUT2D eigenvalue weighted by molar-refractivity contribution is 0.0636. The molecule has 3 aromatic rings. The number of nitrogens with one attached hydrogen (secondary N) is 2. The summed E-state index contributed by atoms with van der Waals surface area (Å²) >= 11 is 13.8. The van der Waals surface area contributed by atoms with E-state index in [1.165, 1.54) is 19.6 Å². The summed E-state index contributed by atoms with van der Waals surface area (Å²) in [7, 11) is -1.21. The smallest absolute Gasteiger partial charge is 0.335 e. The summed E-state index contributed by atoms with van der Waals surface area (Å²) in [6.45, 7) is 0. The van der Waals surface area contributed by atoms with Crippen LogP contribution in [0, 0.1) is 0 Å². The van der Waals surface area contributed by atoms with Gasteiger partial charge in [-0.3, -0.25) is 8.98 Å². The molecule has 198 valence electrons. The van der Waals surface area contributed by atoms with Crippen LogP contribution in [0.5, 0.6) is 0 Å². The van der Waals surface area contributed by atoms with Crippen LogP contribution in [0.1, 0.15) is 45.3 Å². The van der Waals surface area contributed by atoms with E-state index in [-0.39, 0.29) is 30.0 Å². The molecule has 3 N–H and O–H groups in total. The van der Waals surface area contributed by atoms with E-state index in [0.29, 0.717) is 19.8 Å². The highest BCUT2D eigenvalue weighted by atomic mass is 35.5. The summed E-state index contributed by atoms with van der Waals surface area (Å²) in [5, 5.41) is 13.9. The number of ether oxygens (including phenoxy) is 1. The van der Waals surface area contributed by atoms with Crippen LogP contribution in [0.2, 0.25) is 9.36 Å².